The first kappa shape index (κ1) is 14.6. The zero-order chi connectivity index (χ0) is 14.5. The second-order valence-corrected chi connectivity index (χ2v) is 5.48. The first-order chi connectivity index (χ1) is 9.60. The Bertz CT molecular complexity index is 528. The van der Waals surface area contributed by atoms with Gasteiger partial charge in [0.05, 0.1) is 7.11 Å². The van der Waals surface area contributed by atoms with Gasteiger partial charge in [-0.15, -0.1) is 0 Å². The summed E-state index contributed by atoms with van der Waals surface area (Å²) in [6.07, 6.45) is 0.838. The molecule has 2 aromatic rings. The van der Waals surface area contributed by atoms with Crippen molar-refractivity contribution in [2.24, 2.45) is 5.73 Å². The van der Waals surface area contributed by atoms with Gasteiger partial charge in [-0.1, -0.05) is 50.2 Å². The van der Waals surface area contributed by atoms with Crippen LogP contribution in [-0.2, 0) is 6.42 Å². The van der Waals surface area contributed by atoms with Crippen LogP contribution in [0.25, 0.3) is 0 Å². The lowest BCUT2D eigenvalue weighted by Crippen LogP contribution is -2.13. The van der Waals surface area contributed by atoms with Crippen LogP contribution in [0.3, 0.4) is 0 Å². The number of nitrogens with two attached hydrogens (primary N) is 1. The third-order valence-corrected chi connectivity index (χ3v) is 3.65. The molecule has 106 valence electrons. The number of rotatable bonds is 5. The summed E-state index contributed by atoms with van der Waals surface area (Å²) >= 11 is 0. The molecule has 2 N–H and O–H groups in total. The van der Waals surface area contributed by atoms with E-state index < -0.39 is 0 Å². The molecule has 0 amide bonds. The predicted octanol–water partition coefficient (Wildman–Crippen LogP) is 4.06. The van der Waals surface area contributed by atoms with Gasteiger partial charge in [0.2, 0.25) is 0 Å². The number of methoxy groups -OCH3 is 1. The van der Waals surface area contributed by atoms with Gasteiger partial charge in [0.15, 0.2) is 0 Å². The van der Waals surface area contributed by atoms with Crippen LogP contribution in [0.1, 0.15) is 42.5 Å². The fourth-order valence-corrected chi connectivity index (χ4v) is 2.26. The molecule has 0 aliphatic heterocycles. The van der Waals surface area contributed by atoms with E-state index in [2.05, 4.69) is 50.2 Å². The Morgan fingerprint density at radius 1 is 0.900 bits per heavy atom. The van der Waals surface area contributed by atoms with Crippen LogP contribution < -0.4 is 10.5 Å². The standard InChI is InChI=1S/C18H23NO/c1-13(2)15-6-8-16(9-7-15)18(19)12-14-4-10-17(20-3)11-5-14/h4-11,13,18H,12,19H2,1-3H3. The van der Waals surface area contributed by atoms with Crippen LogP contribution in [-0.4, -0.2) is 7.11 Å². The van der Waals surface area contributed by atoms with Crippen LogP contribution in [0.15, 0.2) is 48.5 Å². The summed E-state index contributed by atoms with van der Waals surface area (Å²) in [6, 6.07) is 16.8. The highest BCUT2D eigenvalue weighted by molar-refractivity contribution is 5.31. The minimum Gasteiger partial charge on any atom is -0.497 e. The third kappa shape index (κ3) is 3.61. The van der Waals surface area contributed by atoms with Gasteiger partial charge < -0.3 is 10.5 Å². The maximum Gasteiger partial charge on any atom is 0.118 e. The van der Waals surface area contributed by atoms with E-state index in [4.69, 9.17) is 10.5 Å². The molecule has 0 heterocycles. The summed E-state index contributed by atoms with van der Waals surface area (Å²) < 4.78 is 5.16. The highest BCUT2D eigenvalue weighted by Crippen LogP contribution is 2.21. The molecule has 2 heteroatoms. The molecule has 1 atom stereocenters. The molecule has 20 heavy (non-hydrogen) atoms. The van der Waals surface area contributed by atoms with Crippen LogP contribution in [0.5, 0.6) is 5.75 Å². The SMILES string of the molecule is COc1ccc(CC(N)c2ccc(C(C)C)cc2)cc1. The van der Waals surface area contributed by atoms with Crippen molar-refractivity contribution in [1.82, 2.24) is 0 Å². The normalized spacial score (nSPS) is 12.4. The monoisotopic (exact) mass is 269 g/mol. The molecule has 0 fully saturated rings. The lowest BCUT2D eigenvalue weighted by molar-refractivity contribution is 0.414. The Morgan fingerprint density at radius 2 is 1.45 bits per heavy atom. The van der Waals surface area contributed by atoms with Crippen molar-refractivity contribution in [3.63, 3.8) is 0 Å². The molecule has 2 nitrogen and oxygen atoms in total. The number of hydrogen-bond acceptors (Lipinski definition) is 2. The van der Waals surface area contributed by atoms with E-state index in [0.29, 0.717) is 5.92 Å². The van der Waals surface area contributed by atoms with E-state index in [0.717, 1.165) is 12.2 Å². The Balaban J connectivity index is 2.04. The van der Waals surface area contributed by atoms with Gasteiger partial charge in [-0.3, -0.25) is 0 Å². The lowest BCUT2D eigenvalue weighted by atomic mass is 9.96. The largest absolute Gasteiger partial charge is 0.497 e. The molecule has 0 aliphatic carbocycles. The topological polar surface area (TPSA) is 35.2 Å². The zero-order valence-electron chi connectivity index (χ0n) is 12.5. The van der Waals surface area contributed by atoms with Crippen LogP contribution in [0, 0.1) is 0 Å². The molecule has 1 unspecified atom stereocenters. The van der Waals surface area contributed by atoms with E-state index >= 15 is 0 Å². The molecule has 0 saturated carbocycles. The molecule has 2 aromatic carbocycles. The number of hydrogen-bond donors (Lipinski definition) is 1. The first-order valence-corrected chi connectivity index (χ1v) is 7.08. The van der Waals surface area contributed by atoms with Crippen molar-refractivity contribution in [3.05, 3.63) is 65.2 Å². The van der Waals surface area contributed by atoms with Crippen molar-refractivity contribution >= 4 is 0 Å². The minimum absolute atomic E-state index is 0.0320. The van der Waals surface area contributed by atoms with Gasteiger partial charge >= 0.3 is 0 Å². The van der Waals surface area contributed by atoms with Crippen molar-refractivity contribution in [2.75, 3.05) is 7.11 Å². The molecule has 0 saturated heterocycles. The zero-order valence-corrected chi connectivity index (χ0v) is 12.5. The average molecular weight is 269 g/mol. The second-order valence-electron chi connectivity index (χ2n) is 5.48. The molecule has 0 radical (unpaired) electrons. The molecule has 0 aliphatic rings. The van der Waals surface area contributed by atoms with Gasteiger partial charge in [0, 0.05) is 6.04 Å². The molecule has 0 bridgehead atoms. The minimum atomic E-state index is 0.0320. The Morgan fingerprint density at radius 3 is 1.95 bits per heavy atom. The molecular weight excluding hydrogens is 246 g/mol. The van der Waals surface area contributed by atoms with Crippen LogP contribution in [0.2, 0.25) is 0 Å². The average Bonchev–Trinajstić information content (AvgIpc) is 2.48. The maximum absolute atomic E-state index is 6.29. The van der Waals surface area contributed by atoms with Crippen molar-refractivity contribution in [2.45, 2.75) is 32.2 Å². The van der Waals surface area contributed by atoms with E-state index in [-0.39, 0.29) is 6.04 Å². The van der Waals surface area contributed by atoms with Crippen LogP contribution >= 0.6 is 0 Å². The van der Waals surface area contributed by atoms with Gasteiger partial charge in [0.25, 0.3) is 0 Å². The second kappa shape index (κ2) is 6.58. The van der Waals surface area contributed by atoms with Crippen molar-refractivity contribution in [1.29, 1.82) is 0 Å². The Labute approximate surface area is 121 Å². The summed E-state index contributed by atoms with van der Waals surface area (Å²) in [5, 5.41) is 0. The summed E-state index contributed by atoms with van der Waals surface area (Å²) in [6.45, 7) is 4.40. The number of benzene rings is 2. The number of ether oxygens (including phenoxy) is 1. The smallest absolute Gasteiger partial charge is 0.118 e. The highest BCUT2D eigenvalue weighted by atomic mass is 16.5. The summed E-state index contributed by atoms with van der Waals surface area (Å²) in [5.74, 6) is 1.44. The predicted molar refractivity (Wildman–Crippen MR) is 84.2 cm³/mol. The van der Waals surface area contributed by atoms with E-state index in [1.54, 1.807) is 7.11 Å². The van der Waals surface area contributed by atoms with Crippen molar-refractivity contribution in [3.8, 4) is 5.75 Å². The quantitative estimate of drug-likeness (QED) is 0.888. The maximum atomic E-state index is 6.29. The molecule has 0 aromatic heterocycles. The fraction of sp³-hybridized carbons (Fsp3) is 0.333. The molecular formula is C18H23NO. The van der Waals surface area contributed by atoms with E-state index in [1.807, 2.05) is 12.1 Å². The lowest BCUT2D eigenvalue weighted by Gasteiger charge is -2.14. The first-order valence-electron chi connectivity index (χ1n) is 7.08. The van der Waals surface area contributed by atoms with E-state index in [9.17, 15) is 0 Å². The summed E-state index contributed by atoms with van der Waals surface area (Å²) in [7, 11) is 1.68. The van der Waals surface area contributed by atoms with Gasteiger partial charge in [-0.25, -0.2) is 0 Å². The summed E-state index contributed by atoms with van der Waals surface area (Å²) in [5.41, 5.74) is 10.1. The van der Waals surface area contributed by atoms with Gasteiger partial charge in [-0.2, -0.15) is 0 Å². The fourth-order valence-electron chi connectivity index (χ4n) is 2.26. The Kier molecular flexibility index (Phi) is 4.80. The van der Waals surface area contributed by atoms with E-state index in [1.165, 1.54) is 16.7 Å². The van der Waals surface area contributed by atoms with Crippen molar-refractivity contribution < 1.29 is 4.74 Å². The van der Waals surface area contributed by atoms with Gasteiger partial charge in [0.1, 0.15) is 5.75 Å². The van der Waals surface area contributed by atoms with Crippen LogP contribution in [0.4, 0.5) is 0 Å². The summed E-state index contributed by atoms with van der Waals surface area (Å²) in [4.78, 5) is 0. The molecule has 0 spiro atoms. The Hall–Kier alpha value is -1.80. The molecule has 2 rings (SSSR count). The highest BCUT2D eigenvalue weighted by Gasteiger charge is 2.08. The van der Waals surface area contributed by atoms with Gasteiger partial charge in [-0.05, 0) is 41.2 Å². The third-order valence-electron chi connectivity index (χ3n) is 3.65.